The monoisotopic (exact) mass is 212 g/mol. The van der Waals surface area contributed by atoms with Crippen molar-refractivity contribution in [2.24, 2.45) is 4.99 Å². The van der Waals surface area contributed by atoms with Gasteiger partial charge in [0.1, 0.15) is 0 Å². The van der Waals surface area contributed by atoms with E-state index in [1.807, 2.05) is 19.0 Å². The first kappa shape index (κ1) is 14.0. The molecule has 0 heterocycles. The molecule has 4 heteroatoms. The zero-order valence-electron chi connectivity index (χ0n) is 9.82. The second-order valence-electron chi connectivity index (χ2n) is 3.76. The number of nitrogens with zero attached hydrogens (tertiary/aromatic N) is 2. The Morgan fingerprint density at radius 1 is 1.27 bits per heavy atom. The summed E-state index contributed by atoms with van der Waals surface area (Å²) < 4.78 is 0. The lowest BCUT2D eigenvalue weighted by molar-refractivity contribution is -0.135. The summed E-state index contributed by atoms with van der Waals surface area (Å²) in [5.41, 5.74) is 0. The van der Waals surface area contributed by atoms with Crippen molar-refractivity contribution < 1.29 is 9.59 Å². The number of hydrogen-bond acceptors (Lipinski definition) is 3. The molecule has 15 heavy (non-hydrogen) atoms. The van der Waals surface area contributed by atoms with E-state index in [4.69, 9.17) is 0 Å². The number of amides is 1. The minimum Gasteiger partial charge on any atom is -0.304 e. The fourth-order valence-electron chi connectivity index (χ4n) is 1.00. The van der Waals surface area contributed by atoms with Gasteiger partial charge in [-0.05, 0) is 20.5 Å². The van der Waals surface area contributed by atoms with Gasteiger partial charge in [-0.3, -0.25) is 9.59 Å². The molecule has 0 bridgehead atoms. The maximum absolute atomic E-state index is 11.2. The second-order valence-corrected chi connectivity index (χ2v) is 3.76. The molecule has 0 aromatic rings. The highest BCUT2D eigenvalue weighted by Crippen LogP contribution is 2.00. The molecule has 0 radical (unpaired) electrons. The summed E-state index contributed by atoms with van der Waals surface area (Å²) in [6.45, 7) is 2.63. The molecule has 0 fully saturated rings. The van der Waals surface area contributed by atoms with Gasteiger partial charge in [-0.2, -0.15) is 0 Å². The van der Waals surface area contributed by atoms with Gasteiger partial charge >= 0.3 is 5.91 Å². The minimum atomic E-state index is -0.618. The SMILES string of the molecule is CCCCCC(=O)C(=O)N=CCN(C)C. The molecule has 0 aromatic heterocycles. The fraction of sp³-hybridized carbons (Fsp3) is 0.727. The normalized spacial score (nSPS) is 11.2. The maximum atomic E-state index is 11.2. The van der Waals surface area contributed by atoms with Gasteiger partial charge in [0.05, 0.1) is 0 Å². The average Bonchev–Trinajstić information content (AvgIpc) is 2.17. The molecule has 0 unspecified atom stereocenters. The summed E-state index contributed by atoms with van der Waals surface area (Å²) in [4.78, 5) is 27.8. The molecule has 4 nitrogen and oxygen atoms in total. The molecule has 86 valence electrons. The molecule has 0 aliphatic rings. The van der Waals surface area contributed by atoms with Crippen molar-refractivity contribution in [2.75, 3.05) is 20.6 Å². The molecular formula is C11H20N2O2. The lowest BCUT2D eigenvalue weighted by Crippen LogP contribution is -2.16. The van der Waals surface area contributed by atoms with Crippen LogP contribution in [0.4, 0.5) is 0 Å². The zero-order chi connectivity index (χ0) is 11.7. The Morgan fingerprint density at radius 3 is 2.47 bits per heavy atom. The number of ketones is 1. The van der Waals surface area contributed by atoms with Crippen LogP contribution in [0.5, 0.6) is 0 Å². The van der Waals surface area contributed by atoms with E-state index in [9.17, 15) is 9.59 Å². The number of hydrogen-bond donors (Lipinski definition) is 0. The highest BCUT2D eigenvalue weighted by Gasteiger charge is 2.10. The summed E-state index contributed by atoms with van der Waals surface area (Å²) in [6.07, 6.45) is 4.61. The van der Waals surface area contributed by atoms with Crippen molar-refractivity contribution in [3.8, 4) is 0 Å². The Bertz CT molecular complexity index is 235. The van der Waals surface area contributed by atoms with Gasteiger partial charge in [0, 0.05) is 19.2 Å². The average molecular weight is 212 g/mol. The van der Waals surface area contributed by atoms with E-state index in [0.29, 0.717) is 13.0 Å². The number of aliphatic imine (C=N–C) groups is 1. The third-order valence-corrected chi connectivity index (χ3v) is 1.90. The largest absolute Gasteiger partial charge is 0.312 e. The van der Waals surface area contributed by atoms with Gasteiger partial charge in [-0.1, -0.05) is 19.8 Å². The Kier molecular flexibility index (Phi) is 7.72. The molecule has 0 saturated heterocycles. The lowest BCUT2D eigenvalue weighted by Gasteiger charge is -2.02. The number of Topliss-reactive ketones (excluding diaryl/α,β-unsaturated/α-hetero) is 1. The minimum absolute atomic E-state index is 0.325. The topological polar surface area (TPSA) is 49.7 Å². The van der Waals surface area contributed by atoms with E-state index in [-0.39, 0.29) is 5.78 Å². The van der Waals surface area contributed by atoms with Crippen LogP contribution in [0.3, 0.4) is 0 Å². The van der Waals surface area contributed by atoms with Crippen molar-refractivity contribution in [3.63, 3.8) is 0 Å². The first-order chi connectivity index (χ1) is 7.07. The molecule has 0 aliphatic carbocycles. The van der Waals surface area contributed by atoms with E-state index >= 15 is 0 Å². The van der Waals surface area contributed by atoms with Gasteiger partial charge in [0.25, 0.3) is 0 Å². The summed E-state index contributed by atoms with van der Waals surface area (Å²) in [5.74, 6) is -0.994. The van der Waals surface area contributed by atoms with Crippen molar-refractivity contribution in [1.29, 1.82) is 0 Å². The standard InChI is InChI=1S/C11H20N2O2/c1-4-5-6-7-10(14)11(15)12-8-9-13(2)3/h8H,4-7,9H2,1-3H3. The lowest BCUT2D eigenvalue weighted by atomic mass is 10.1. The van der Waals surface area contributed by atoms with Gasteiger partial charge in [0.15, 0.2) is 0 Å². The summed E-state index contributed by atoms with van der Waals surface area (Å²) in [7, 11) is 3.75. The number of carbonyl (C=O) groups excluding carboxylic acids is 2. The van der Waals surface area contributed by atoms with Gasteiger partial charge < -0.3 is 4.90 Å². The summed E-state index contributed by atoms with van der Waals surface area (Å²) in [5, 5.41) is 0. The maximum Gasteiger partial charge on any atom is 0.312 e. The molecule has 0 spiro atoms. The quantitative estimate of drug-likeness (QED) is 0.363. The van der Waals surface area contributed by atoms with Crippen molar-refractivity contribution in [1.82, 2.24) is 4.90 Å². The summed E-state index contributed by atoms with van der Waals surface area (Å²) in [6, 6.07) is 0. The van der Waals surface area contributed by atoms with E-state index in [2.05, 4.69) is 11.9 Å². The second kappa shape index (κ2) is 8.29. The predicted molar refractivity (Wildman–Crippen MR) is 61.2 cm³/mol. The smallest absolute Gasteiger partial charge is 0.304 e. The Morgan fingerprint density at radius 2 is 1.93 bits per heavy atom. The first-order valence-electron chi connectivity index (χ1n) is 5.32. The van der Waals surface area contributed by atoms with Crippen molar-refractivity contribution in [2.45, 2.75) is 32.6 Å². The van der Waals surface area contributed by atoms with Crippen molar-refractivity contribution >= 4 is 17.9 Å². The van der Waals surface area contributed by atoms with Crippen LogP contribution in [0.1, 0.15) is 32.6 Å². The number of rotatable bonds is 7. The van der Waals surface area contributed by atoms with E-state index in [1.54, 1.807) is 0 Å². The molecular weight excluding hydrogens is 192 g/mol. The highest BCUT2D eigenvalue weighted by atomic mass is 16.2. The fourth-order valence-corrected chi connectivity index (χ4v) is 1.00. The van der Waals surface area contributed by atoms with Crippen LogP contribution in [0.15, 0.2) is 4.99 Å². The van der Waals surface area contributed by atoms with Crippen LogP contribution < -0.4 is 0 Å². The molecule has 0 aliphatic heterocycles. The third-order valence-electron chi connectivity index (χ3n) is 1.90. The van der Waals surface area contributed by atoms with Gasteiger partial charge in [-0.15, -0.1) is 0 Å². The Balaban J connectivity index is 3.78. The van der Waals surface area contributed by atoms with E-state index in [1.165, 1.54) is 6.21 Å². The van der Waals surface area contributed by atoms with Crippen LogP contribution in [0.25, 0.3) is 0 Å². The van der Waals surface area contributed by atoms with Crippen LogP contribution in [0.2, 0.25) is 0 Å². The molecule has 0 atom stereocenters. The molecule has 0 saturated carbocycles. The van der Waals surface area contributed by atoms with Crippen LogP contribution in [-0.2, 0) is 9.59 Å². The van der Waals surface area contributed by atoms with Crippen molar-refractivity contribution in [3.05, 3.63) is 0 Å². The van der Waals surface area contributed by atoms with E-state index in [0.717, 1.165) is 19.3 Å². The Hall–Kier alpha value is -1.03. The highest BCUT2D eigenvalue weighted by molar-refractivity contribution is 6.37. The summed E-state index contributed by atoms with van der Waals surface area (Å²) >= 11 is 0. The van der Waals surface area contributed by atoms with Gasteiger partial charge in [0.2, 0.25) is 5.78 Å². The molecule has 0 aromatic carbocycles. The zero-order valence-corrected chi connectivity index (χ0v) is 9.82. The number of unbranched alkanes of at least 4 members (excludes halogenated alkanes) is 2. The van der Waals surface area contributed by atoms with Crippen LogP contribution in [-0.4, -0.2) is 43.4 Å². The molecule has 0 rings (SSSR count). The van der Waals surface area contributed by atoms with E-state index < -0.39 is 5.91 Å². The Labute approximate surface area is 91.4 Å². The number of carbonyl (C=O) groups is 2. The van der Waals surface area contributed by atoms with Crippen LogP contribution in [0, 0.1) is 0 Å². The molecule has 1 amide bonds. The molecule has 0 N–H and O–H groups in total. The van der Waals surface area contributed by atoms with Gasteiger partial charge in [-0.25, -0.2) is 4.99 Å². The third kappa shape index (κ3) is 8.00. The van der Waals surface area contributed by atoms with Crippen LogP contribution >= 0.6 is 0 Å². The first-order valence-corrected chi connectivity index (χ1v) is 5.32. The predicted octanol–water partition coefficient (Wildman–Crippen LogP) is 1.29.